The topological polar surface area (TPSA) is 110 Å². The Hall–Kier alpha value is -2.52. The Labute approximate surface area is 201 Å². The van der Waals surface area contributed by atoms with Crippen LogP contribution in [0.15, 0.2) is 18.2 Å². The van der Waals surface area contributed by atoms with Crippen LogP contribution in [0.25, 0.3) is 0 Å². The van der Waals surface area contributed by atoms with Gasteiger partial charge >= 0.3 is 6.09 Å². The fraction of sp³-hybridized carbons (Fsp3) is 0.545. The molecule has 0 radical (unpaired) electrons. The Morgan fingerprint density at radius 3 is 2.30 bits per heavy atom. The Kier molecular flexibility index (Phi) is 6.72. The summed E-state index contributed by atoms with van der Waals surface area (Å²) >= 11 is 12.2. The third kappa shape index (κ3) is 4.75. The molecule has 178 valence electrons. The van der Waals surface area contributed by atoms with Gasteiger partial charge in [0.15, 0.2) is 0 Å². The summed E-state index contributed by atoms with van der Waals surface area (Å²) in [6.07, 6.45) is 0.242. The number of hydrogen-bond donors (Lipinski definition) is 2. The highest BCUT2D eigenvalue weighted by atomic mass is 35.5. The molecule has 1 aromatic rings. The minimum atomic E-state index is -1.06. The van der Waals surface area contributed by atoms with Crippen LogP contribution in [0.2, 0.25) is 10.0 Å². The number of β-lactam (4-membered cyclic amide) rings is 1. The summed E-state index contributed by atoms with van der Waals surface area (Å²) in [6.45, 7) is 1.60. The van der Waals surface area contributed by atoms with Gasteiger partial charge in [0.25, 0.3) is 0 Å². The average molecular weight is 497 g/mol. The number of nitrogens with zero attached hydrogens (tertiary/aromatic N) is 3. The van der Waals surface area contributed by atoms with Crippen molar-refractivity contribution in [2.75, 3.05) is 33.2 Å². The van der Waals surface area contributed by atoms with Gasteiger partial charge in [-0.2, -0.15) is 0 Å². The Morgan fingerprint density at radius 2 is 1.73 bits per heavy atom. The predicted octanol–water partition coefficient (Wildman–Crippen LogP) is 2.02. The number of likely N-dealkylation sites (N-methyl/N-ethyl adjacent to an activating group) is 1. The van der Waals surface area contributed by atoms with E-state index in [0.29, 0.717) is 49.1 Å². The van der Waals surface area contributed by atoms with Crippen LogP contribution in [0.4, 0.5) is 4.79 Å². The van der Waals surface area contributed by atoms with Crippen LogP contribution in [0.1, 0.15) is 30.7 Å². The van der Waals surface area contributed by atoms with Gasteiger partial charge < -0.3 is 25.1 Å². The highest BCUT2D eigenvalue weighted by molar-refractivity contribution is 6.42. The van der Waals surface area contributed by atoms with Gasteiger partial charge in [-0.3, -0.25) is 14.4 Å². The van der Waals surface area contributed by atoms with Gasteiger partial charge in [-0.15, -0.1) is 0 Å². The van der Waals surface area contributed by atoms with E-state index < -0.39 is 18.2 Å². The molecule has 3 saturated heterocycles. The molecule has 3 aliphatic heterocycles. The maximum atomic E-state index is 13.3. The molecule has 0 spiro atoms. The zero-order valence-corrected chi connectivity index (χ0v) is 19.7. The smallest absolute Gasteiger partial charge is 0.407 e. The molecule has 11 heteroatoms. The molecule has 3 aliphatic rings. The van der Waals surface area contributed by atoms with Crippen LogP contribution in [-0.4, -0.2) is 88.9 Å². The van der Waals surface area contributed by atoms with Crippen molar-refractivity contribution in [1.29, 1.82) is 0 Å². The number of benzene rings is 1. The minimum absolute atomic E-state index is 0.0228. The van der Waals surface area contributed by atoms with E-state index >= 15 is 0 Å². The first-order valence-corrected chi connectivity index (χ1v) is 11.7. The van der Waals surface area contributed by atoms with Gasteiger partial charge in [0, 0.05) is 45.1 Å². The maximum absolute atomic E-state index is 13.3. The largest absolute Gasteiger partial charge is 0.465 e. The molecule has 9 nitrogen and oxygen atoms in total. The van der Waals surface area contributed by atoms with Crippen LogP contribution in [0, 0.1) is 5.92 Å². The number of hydrogen-bond acceptors (Lipinski definition) is 4. The lowest BCUT2D eigenvalue weighted by atomic mass is 9.93. The zero-order valence-electron chi connectivity index (χ0n) is 18.2. The van der Waals surface area contributed by atoms with E-state index in [1.54, 1.807) is 21.9 Å². The minimum Gasteiger partial charge on any atom is -0.465 e. The summed E-state index contributed by atoms with van der Waals surface area (Å²) in [5, 5.41) is 13.0. The van der Waals surface area contributed by atoms with Crippen LogP contribution >= 0.6 is 23.2 Å². The van der Waals surface area contributed by atoms with Crippen LogP contribution < -0.4 is 5.32 Å². The highest BCUT2D eigenvalue weighted by Crippen LogP contribution is 2.35. The first kappa shape index (κ1) is 23.6. The van der Waals surface area contributed by atoms with Crippen molar-refractivity contribution in [2.45, 2.75) is 37.3 Å². The number of rotatable bonds is 4. The monoisotopic (exact) mass is 496 g/mol. The predicted molar refractivity (Wildman–Crippen MR) is 121 cm³/mol. The second-order valence-corrected chi connectivity index (χ2v) is 9.72. The lowest BCUT2D eigenvalue weighted by Gasteiger charge is -2.37. The first-order chi connectivity index (χ1) is 15.7. The van der Waals surface area contributed by atoms with Crippen molar-refractivity contribution < 1.29 is 24.3 Å². The third-order valence-corrected chi connectivity index (χ3v) is 7.69. The highest BCUT2D eigenvalue weighted by Gasteiger charge is 2.43. The van der Waals surface area contributed by atoms with E-state index in [1.807, 2.05) is 6.07 Å². The normalized spacial score (nSPS) is 25.4. The maximum Gasteiger partial charge on any atom is 0.407 e. The van der Waals surface area contributed by atoms with Gasteiger partial charge in [0.2, 0.25) is 17.7 Å². The molecule has 3 heterocycles. The lowest BCUT2D eigenvalue weighted by Crippen LogP contribution is -2.59. The number of piperidine rings is 1. The summed E-state index contributed by atoms with van der Waals surface area (Å²) in [6, 6.07) is 4.38. The summed E-state index contributed by atoms with van der Waals surface area (Å²) < 4.78 is 0. The average Bonchev–Trinajstić information content (AvgIpc) is 3.22. The van der Waals surface area contributed by atoms with E-state index in [4.69, 9.17) is 23.2 Å². The lowest BCUT2D eigenvalue weighted by molar-refractivity contribution is -0.146. The molecular weight excluding hydrogens is 471 g/mol. The van der Waals surface area contributed by atoms with Gasteiger partial charge in [0.05, 0.1) is 22.5 Å². The summed E-state index contributed by atoms with van der Waals surface area (Å²) in [4.78, 5) is 53.2. The van der Waals surface area contributed by atoms with Gasteiger partial charge in [-0.05, 0) is 30.5 Å². The van der Waals surface area contributed by atoms with E-state index in [9.17, 15) is 24.3 Å². The van der Waals surface area contributed by atoms with Crippen molar-refractivity contribution >= 4 is 47.0 Å². The molecule has 0 saturated carbocycles. The Morgan fingerprint density at radius 1 is 1.06 bits per heavy atom. The summed E-state index contributed by atoms with van der Waals surface area (Å²) in [7, 11) is 1.51. The Bertz CT molecular complexity index is 974. The molecule has 2 N–H and O–H groups in total. The van der Waals surface area contributed by atoms with Crippen LogP contribution in [0.5, 0.6) is 0 Å². The van der Waals surface area contributed by atoms with Crippen molar-refractivity contribution in [1.82, 2.24) is 20.0 Å². The number of carbonyl (C=O) groups is 4. The standard InChI is InChI=1S/C22H26Cl2N4O5/c1-26(22(32)33)18-11-28(10-14(18)13-2-3-15(23)16(24)8-13)20(30)12-4-6-27(7-5-12)21(31)17-9-19(29)25-17/h2-3,8,12,14,17-18H,4-7,9-11H2,1H3,(H,25,29)(H,32,33)/t14-,17-,18+/m0/s1. The van der Waals surface area contributed by atoms with E-state index in [0.717, 1.165) is 5.56 Å². The number of likely N-dealkylation sites (tertiary alicyclic amines) is 2. The van der Waals surface area contributed by atoms with Gasteiger partial charge in [0.1, 0.15) is 6.04 Å². The van der Waals surface area contributed by atoms with Gasteiger partial charge in [-0.1, -0.05) is 29.3 Å². The number of halogens is 2. The van der Waals surface area contributed by atoms with Crippen molar-refractivity contribution in [3.05, 3.63) is 33.8 Å². The summed E-state index contributed by atoms with van der Waals surface area (Å²) in [5.74, 6) is -0.693. The number of amides is 4. The molecular formula is C22H26Cl2N4O5. The number of nitrogens with one attached hydrogen (secondary N) is 1. The fourth-order valence-electron chi connectivity index (χ4n) is 4.90. The number of carbonyl (C=O) groups excluding carboxylic acids is 3. The van der Waals surface area contributed by atoms with Crippen molar-refractivity contribution in [3.8, 4) is 0 Å². The molecule has 4 amide bonds. The van der Waals surface area contributed by atoms with E-state index in [1.165, 1.54) is 11.9 Å². The second-order valence-electron chi connectivity index (χ2n) is 8.91. The fourth-order valence-corrected chi connectivity index (χ4v) is 5.21. The van der Waals surface area contributed by atoms with E-state index in [2.05, 4.69) is 5.32 Å². The molecule has 3 atom stereocenters. The molecule has 33 heavy (non-hydrogen) atoms. The first-order valence-electron chi connectivity index (χ1n) is 10.9. The molecule has 0 unspecified atom stereocenters. The van der Waals surface area contributed by atoms with E-state index in [-0.39, 0.29) is 36.0 Å². The number of carboxylic acid groups (broad SMARTS) is 1. The SMILES string of the molecule is CN(C(=O)O)[C@@H]1CN(C(=O)C2CCN(C(=O)[C@@H]3CC(=O)N3)CC2)C[C@H]1c1ccc(Cl)c(Cl)c1. The zero-order chi connectivity index (χ0) is 23.9. The van der Waals surface area contributed by atoms with Crippen LogP contribution in [0.3, 0.4) is 0 Å². The van der Waals surface area contributed by atoms with Crippen molar-refractivity contribution in [3.63, 3.8) is 0 Å². The molecule has 3 fully saturated rings. The molecule has 1 aromatic carbocycles. The van der Waals surface area contributed by atoms with Crippen LogP contribution in [-0.2, 0) is 14.4 Å². The quantitative estimate of drug-likeness (QED) is 0.619. The third-order valence-electron chi connectivity index (χ3n) is 6.95. The summed E-state index contributed by atoms with van der Waals surface area (Å²) in [5.41, 5.74) is 0.834. The molecule has 0 aliphatic carbocycles. The molecule has 0 aromatic heterocycles. The van der Waals surface area contributed by atoms with Gasteiger partial charge in [-0.25, -0.2) is 4.79 Å². The Balaban J connectivity index is 1.42. The molecule has 4 rings (SSSR count). The second kappa shape index (κ2) is 9.38. The molecule has 0 bridgehead atoms. The van der Waals surface area contributed by atoms with Crippen molar-refractivity contribution in [2.24, 2.45) is 5.92 Å².